The van der Waals surface area contributed by atoms with Crippen molar-refractivity contribution in [2.24, 2.45) is 0 Å². The van der Waals surface area contributed by atoms with Gasteiger partial charge < -0.3 is 4.98 Å². The van der Waals surface area contributed by atoms with Gasteiger partial charge in [0.2, 0.25) is 0 Å². The smallest absolute Gasteiger partial charge is 0.0459 e. The zero-order valence-corrected chi connectivity index (χ0v) is 15.0. The lowest BCUT2D eigenvalue weighted by Crippen LogP contribution is -2.29. The molecule has 2 aromatic carbocycles. The number of nitrogens with one attached hydrogen (secondary N) is 1. The van der Waals surface area contributed by atoms with Crippen LogP contribution in [0.15, 0.2) is 60.8 Å². The first kappa shape index (κ1) is 16.2. The van der Waals surface area contributed by atoms with E-state index in [2.05, 4.69) is 77.6 Å². The normalized spacial score (nSPS) is 15.5. The Morgan fingerprint density at radius 1 is 1.04 bits per heavy atom. The first-order valence-corrected chi connectivity index (χ1v) is 9.33. The number of aryl methyl sites for hydroxylation is 2. The van der Waals surface area contributed by atoms with Gasteiger partial charge in [0.1, 0.15) is 0 Å². The van der Waals surface area contributed by atoms with Crippen molar-refractivity contribution in [2.75, 3.05) is 19.6 Å². The zero-order valence-electron chi connectivity index (χ0n) is 15.0. The van der Waals surface area contributed by atoms with Crippen molar-refractivity contribution in [1.29, 1.82) is 0 Å². The molecule has 0 saturated heterocycles. The largest absolute Gasteiger partial charge is 0.361 e. The van der Waals surface area contributed by atoms with Gasteiger partial charge in [0.05, 0.1) is 0 Å². The number of rotatable bonds is 5. The van der Waals surface area contributed by atoms with E-state index >= 15 is 0 Å². The number of benzene rings is 2. The van der Waals surface area contributed by atoms with Gasteiger partial charge in [-0.15, -0.1) is 0 Å². The highest BCUT2D eigenvalue weighted by Crippen LogP contribution is 2.24. The van der Waals surface area contributed by atoms with Crippen LogP contribution in [-0.2, 0) is 6.42 Å². The third-order valence-corrected chi connectivity index (χ3v) is 5.35. The lowest BCUT2D eigenvalue weighted by Gasteiger charge is -2.26. The minimum Gasteiger partial charge on any atom is -0.361 e. The fourth-order valence-corrected chi connectivity index (χ4v) is 3.97. The van der Waals surface area contributed by atoms with Gasteiger partial charge in [-0.25, -0.2) is 0 Å². The molecule has 4 rings (SSSR count). The predicted octanol–water partition coefficient (Wildman–Crippen LogP) is 5.20. The maximum absolute atomic E-state index is 3.37. The Bertz CT molecular complexity index is 874. The summed E-state index contributed by atoms with van der Waals surface area (Å²) < 4.78 is 0. The Balaban J connectivity index is 1.34. The van der Waals surface area contributed by atoms with Crippen LogP contribution in [0, 0.1) is 6.92 Å². The third kappa shape index (κ3) is 3.54. The Labute approximate surface area is 150 Å². The summed E-state index contributed by atoms with van der Waals surface area (Å²) in [6.07, 6.45) is 8.07. The van der Waals surface area contributed by atoms with E-state index in [4.69, 9.17) is 0 Å². The molecule has 0 atom stereocenters. The molecule has 0 saturated carbocycles. The lowest BCUT2D eigenvalue weighted by atomic mass is 9.99. The monoisotopic (exact) mass is 330 g/mol. The second kappa shape index (κ2) is 7.28. The highest BCUT2D eigenvalue weighted by atomic mass is 15.1. The van der Waals surface area contributed by atoms with E-state index in [1.165, 1.54) is 52.7 Å². The maximum atomic E-state index is 3.37. The molecular formula is C23H26N2. The average Bonchev–Trinajstić information content (AvgIpc) is 3.05. The summed E-state index contributed by atoms with van der Waals surface area (Å²) in [4.78, 5) is 5.95. The summed E-state index contributed by atoms with van der Waals surface area (Å²) in [5.41, 5.74) is 7.00. The Kier molecular flexibility index (Phi) is 4.71. The van der Waals surface area contributed by atoms with Crippen molar-refractivity contribution in [3.05, 3.63) is 77.5 Å². The molecule has 1 aromatic heterocycles. The molecule has 3 aromatic rings. The molecule has 2 nitrogen and oxygen atoms in total. The summed E-state index contributed by atoms with van der Waals surface area (Å²) in [5.74, 6) is 0. The molecule has 2 heteroatoms. The van der Waals surface area contributed by atoms with Crippen LogP contribution < -0.4 is 0 Å². The van der Waals surface area contributed by atoms with Gasteiger partial charge in [-0.1, -0.05) is 48.5 Å². The SMILES string of the molecule is Cc1c[nH]c2cccc(CCCN3CC=C(c4ccccc4)CC3)c12. The minimum absolute atomic E-state index is 1.08. The van der Waals surface area contributed by atoms with Crippen LogP contribution in [0.5, 0.6) is 0 Å². The number of fused-ring (bicyclic) bond motifs is 1. The van der Waals surface area contributed by atoms with Crippen LogP contribution in [-0.4, -0.2) is 29.5 Å². The molecule has 0 spiro atoms. The standard InChI is InChI=1S/C23H26N2/c1-18-17-24-22-11-5-9-21(23(18)22)10-6-14-25-15-12-20(13-16-25)19-7-3-2-4-8-19/h2-5,7-9,11-12,17,24H,6,10,13-16H2,1H3. The van der Waals surface area contributed by atoms with E-state index in [0.29, 0.717) is 0 Å². The summed E-state index contributed by atoms with van der Waals surface area (Å²) in [6, 6.07) is 17.4. The second-order valence-electron chi connectivity index (χ2n) is 7.06. The van der Waals surface area contributed by atoms with Gasteiger partial charge >= 0.3 is 0 Å². The first-order valence-electron chi connectivity index (χ1n) is 9.33. The molecule has 0 unspecified atom stereocenters. The summed E-state index contributed by atoms with van der Waals surface area (Å²) in [5, 5.41) is 1.42. The average molecular weight is 330 g/mol. The molecule has 1 N–H and O–H groups in total. The van der Waals surface area contributed by atoms with Crippen LogP contribution >= 0.6 is 0 Å². The number of nitrogens with zero attached hydrogens (tertiary/aromatic N) is 1. The van der Waals surface area contributed by atoms with Crippen molar-refractivity contribution in [3.63, 3.8) is 0 Å². The van der Waals surface area contributed by atoms with Crippen LogP contribution in [0.2, 0.25) is 0 Å². The number of hydrogen-bond donors (Lipinski definition) is 1. The Morgan fingerprint density at radius 2 is 1.92 bits per heavy atom. The Morgan fingerprint density at radius 3 is 2.72 bits per heavy atom. The van der Waals surface area contributed by atoms with Gasteiger partial charge in [0, 0.05) is 30.2 Å². The summed E-state index contributed by atoms with van der Waals surface area (Å²) >= 11 is 0. The van der Waals surface area contributed by atoms with Gasteiger partial charge in [-0.2, -0.15) is 0 Å². The molecule has 0 aliphatic carbocycles. The van der Waals surface area contributed by atoms with E-state index in [1.807, 2.05) is 0 Å². The molecule has 0 bridgehead atoms. The predicted molar refractivity (Wildman–Crippen MR) is 107 cm³/mol. The highest BCUT2D eigenvalue weighted by Gasteiger charge is 2.13. The quantitative estimate of drug-likeness (QED) is 0.681. The van der Waals surface area contributed by atoms with Crippen molar-refractivity contribution in [1.82, 2.24) is 9.88 Å². The van der Waals surface area contributed by atoms with Gasteiger partial charge in [-0.05, 0) is 61.1 Å². The number of H-pyrrole nitrogens is 1. The van der Waals surface area contributed by atoms with Crippen molar-refractivity contribution in [3.8, 4) is 0 Å². The van der Waals surface area contributed by atoms with Crippen LogP contribution in [0.4, 0.5) is 0 Å². The van der Waals surface area contributed by atoms with Crippen LogP contribution in [0.3, 0.4) is 0 Å². The van der Waals surface area contributed by atoms with E-state index in [0.717, 1.165) is 19.4 Å². The molecule has 25 heavy (non-hydrogen) atoms. The van der Waals surface area contributed by atoms with E-state index in [-0.39, 0.29) is 0 Å². The fraction of sp³-hybridized carbons (Fsp3) is 0.304. The Hall–Kier alpha value is -2.32. The molecule has 128 valence electrons. The zero-order chi connectivity index (χ0) is 17.1. The number of hydrogen-bond acceptors (Lipinski definition) is 1. The molecule has 2 heterocycles. The third-order valence-electron chi connectivity index (χ3n) is 5.35. The van der Waals surface area contributed by atoms with Gasteiger partial charge in [0.15, 0.2) is 0 Å². The maximum Gasteiger partial charge on any atom is 0.0459 e. The van der Waals surface area contributed by atoms with Gasteiger partial charge in [-0.3, -0.25) is 4.90 Å². The summed E-state index contributed by atoms with van der Waals surface area (Å²) in [7, 11) is 0. The molecule has 1 aliphatic rings. The first-order chi connectivity index (χ1) is 12.3. The second-order valence-corrected chi connectivity index (χ2v) is 7.06. The molecule has 0 amide bonds. The lowest BCUT2D eigenvalue weighted by molar-refractivity contribution is 0.298. The van der Waals surface area contributed by atoms with E-state index in [1.54, 1.807) is 0 Å². The minimum atomic E-state index is 1.08. The fourth-order valence-electron chi connectivity index (χ4n) is 3.97. The van der Waals surface area contributed by atoms with Crippen molar-refractivity contribution < 1.29 is 0 Å². The van der Waals surface area contributed by atoms with Crippen molar-refractivity contribution >= 4 is 16.5 Å². The van der Waals surface area contributed by atoms with Crippen molar-refractivity contribution in [2.45, 2.75) is 26.2 Å². The molecule has 0 radical (unpaired) electrons. The van der Waals surface area contributed by atoms with Gasteiger partial charge in [0.25, 0.3) is 0 Å². The topological polar surface area (TPSA) is 19.0 Å². The molecule has 1 aliphatic heterocycles. The highest BCUT2D eigenvalue weighted by molar-refractivity contribution is 5.86. The molecule has 0 fully saturated rings. The van der Waals surface area contributed by atoms with Crippen LogP contribution in [0.25, 0.3) is 16.5 Å². The van der Waals surface area contributed by atoms with Crippen LogP contribution in [0.1, 0.15) is 29.5 Å². The van der Waals surface area contributed by atoms with E-state index in [9.17, 15) is 0 Å². The number of aromatic amines is 1. The molecular weight excluding hydrogens is 304 g/mol. The van der Waals surface area contributed by atoms with E-state index < -0.39 is 0 Å². The summed E-state index contributed by atoms with van der Waals surface area (Å²) in [6.45, 7) is 5.63. The number of aromatic nitrogens is 1.